The zero-order chi connectivity index (χ0) is 17.1. The Morgan fingerprint density at radius 1 is 1.36 bits per heavy atom. The van der Waals surface area contributed by atoms with Crippen LogP contribution in [0.4, 0.5) is 9.93 Å². The minimum absolute atomic E-state index is 0. The predicted molar refractivity (Wildman–Crippen MR) is 87.0 cm³/mol. The molecule has 1 aromatic carbocycles. The van der Waals surface area contributed by atoms with E-state index in [1.165, 1.54) is 18.4 Å². The molecule has 2 N–H and O–H groups in total. The first-order valence-electron chi connectivity index (χ1n) is 7.45. The Kier molecular flexibility index (Phi) is 7.41. The number of methoxy groups -OCH3 is 1. The summed E-state index contributed by atoms with van der Waals surface area (Å²) in [7, 11) is 1.43. The number of carboxylic acid groups (broad SMARTS) is 1. The number of carbonyl (C=O) groups is 2. The van der Waals surface area contributed by atoms with Crippen molar-refractivity contribution in [3.63, 3.8) is 0 Å². The molecule has 1 unspecified atom stereocenters. The van der Waals surface area contributed by atoms with Gasteiger partial charge < -0.3 is 20.0 Å². The van der Waals surface area contributed by atoms with Gasteiger partial charge in [-0.1, -0.05) is 18.2 Å². The van der Waals surface area contributed by atoms with Crippen molar-refractivity contribution in [2.45, 2.75) is 24.8 Å². The van der Waals surface area contributed by atoms with Crippen LogP contribution in [-0.4, -0.2) is 24.1 Å². The van der Waals surface area contributed by atoms with Gasteiger partial charge in [-0.25, -0.2) is 9.78 Å². The Hall–Kier alpha value is -0.974. The van der Waals surface area contributed by atoms with Crippen LogP contribution in [0, 0.1) is 0 Å². The fourth-order valence-electron chi connectivity index (χ4n) is 2.34. The zero-order valence-corrected chi connectivity index (χ0v) is 17.9. The molecular formula is C16H16KN3O4S. The van der Waals surface area contributed by atoms with Crippen molar-refractivity contribution in [3.8, 4) is 5.75 Å². The number of hydrogen-bond donors (Lipinski definition) is 2. The first kappa shape index (κ1) is 20.3. The number of nitrogens with one attached hydrogen (secondary N) is 2. The molecule has 1 aliphatic carbocycles. The molecule has 1 atom stereocenters. The van der Waals surface area contributed by atoms with Gasteiger partial charge in [0.1, 0.15) is 5.75 Å². The normalized spacial score (nSPS) is 14.1. The van der Waals surface area contributed by atoms with Crippen LogP contribution in [0.3, 0.4) is 0 Å². The largest absolute Gasteiger partial charge is 1.00 e. The number of anilines is 1. The van der Waals surface area contributed by atoms with Crippen LogP contribution in [0.1, 0.15) is 36.1 Å². The van der Waals surface area contributed by atoms with Gasteiger partial charge in [-0.3, -0.25) is 5.32 Å². The third-order valence-corrected chi connectivity index (χ3v) is 4.48. The summed E-state index contributed by atoms with van der Waals surface area (Å²) >= 11 is 1.31. The minimum atomic E-state index is -1.42. The van der Waals surface area contributed by atoms with Crippen molar-refractivity contribution >= 4 is 28.5 Å². The van der Waals surface area contributed by atoms with Gasteiger partial charge in [0.2, 0.25) is 0 Å². The van der Waals surface area contributed by atoms with Crippen LogP contribution in [0.25, 0.3) is 0 Å². The van der Waals surface area contributed by atoms with Crippen LogP contribution >= 0.6 is 11.3 Å². The third-order valence-electron chi connectivity index (χ3n) is 3.70. The summed E-state index contributed by atoms with van der Waals surface area (Å²) in [4.78, 5) is 27.9. The number of thiazole rings is 1. The molecule has 9 heteroatoms. The second-order valence-corrected chi connectivity index (χ2v) is 6.30. The van der Waals surface area contributed by atoms with Crippen LogP contribution in [-0.2, 0) is 4.79 Å². The smallest absolute Gasteiger partial charge is 0.548 e. The number of amides is 2. The zero-order valence-electron chi connectivity index (χ0n) is 13.9. The first-order valence-corrected chi connectivity index (χ1v) is 8.33. The predicted octanol–water partition coefficient (Wildman–Crippen LogP) is -1.35. The van der Waals surface area contributed by atoms with E-state index in [9.17, 15) is 14.7 Å². The molecule has 2 aromatic rings. The number of aliphatic carboxylic acids is 1. The maximum atomic E-state index is 12.1. The maximum absolute atomic E-state index is 12.1. The summed E-state index contributed by atoms with van der Waals surface area (Å²) in [6, 6.07) is 4.57. The number of nitrogens with zero attached hydrogens (tertiary/aromatic N) is 1. The molecule has 1 saturated carbocycles. The molecule has 0 radical (unpaired) electrons. The summed E-state index contributed by atoms with van der Waals surface area (Å²) in [5.41, 5.74) is 1.28. The topological polar surface area (TPSA) is 103 Å². The molecular weight excluding hydrogens is 369 g/mol. The van der Waals surface area contributed by atoms with E-state index in [-0.39, 0.29) is 51.4 Å². The van der Waals surface area contributed by atoms with Crippen molar-refractivity contribution in [2.75, 3.05) is 12.4 Å². The van der Waals surface area contributed by atoms with Crippen molar-refractivity contribution in [3.05, 3.63) is 40.9 Å². The van der Waals surface area contributed by atoms with Gasteiger partial charge in [-0.15, -0.1) is 11.3 Å². The summed E-state index contributed by atoms with van der Waals surface area (Å²) in [5, 5.41) is 18.7. The third kappa shape index (κ3) is 5.25. The number of aromatic nitrogens is 1. The van der Waals surface area contributed by atoms with Crippen molar-refractivity contribution < 1.29 is 70.8 Å². The van der Waals surface area contributed by atoms with E-state index < -0.39 is 18.0 Å². The number of hydrogen-bond acceptors (Lipinski definition) is 6. The van der Waals surface area contributed by atoms with E-state index in [2.05, 4.69) is 15.6 Å². The average Bonchev–Trinajstić information content (AvgIpc) is 3.32. The Morgan fingerprint density at radius 3 is 2.72 bits per heavy atom. The van der Waals surface area contributed by atoms with E-state index in [0.29, 0.717) is 22.4 Å². The molecule has 0 spiro atoms. The number of carbonyl (C=O) groups excluding carboxylic acids is 2. The van der Waals surface area contributed by atoms with Crippen LogP contribution in [0.15, 0.2) is 29.6 Å². The number of urea groups is 1. The fourth-order valence-corrected chi connectivity index (χ4v) is 3.13. The first-order chi connectivity index (χ1) is 11.6. The molecule has 7 nitrogen and oxygen atoms in total. The number of ether oxygens (including phenoxy) is 1. The van der Waals surface area contributed by atoms with Gasteiger partial charge in [-0.2, -0.15) is 0 Å². The minimum Gasteiger partial charge on any atom is -0.548 e. The van der Waals surface area contributed by atoms with Gasteiger partial charge in [-0.05, 0) is 18.9 Å². The Bertz CT molecular complexity index is 763. The summed E-state index contributed by atoms with van der Waals surface area (Å²) < 4.78 is 5.14. The van der Waals surface area contributed by atoms with Crippen LogP contribution in [0.2, 0.25) is 0 Å². The van der Waals surface area contributed by atoms with Crippen LogP contribution < -0.4 is 71.9 Å². The van der Waals surface area contributed by atoms with E-state index in [0.717, 1.165) is 18.5 Å². The number of carboxylic acids is 1. The van der Waals surface area contributed by atoms with E-state index >= 15 is 0 Å². The Labute approximate surface area is 191 Å². The van der Waals surface area contributed by atoms with Crippen molar-refractivity contribution in [1.82, 2.24) is 10.3 Å². The van der Waals surface area contributed by atoms with E-state index in [1.54, 1.807) is 24.3 Å². The summed E-state index contributed by atoms with van der Waals surface area (Å²) in [6.45, 7) is 0. The Morgan fingerprint density at radius 2 is 2.08 bits per heavy atom. The average molecular weight is 385 g/mol. The molecule has 3 rings (SSSR count). The maximum Gasteiger partial charge on any atom is 1.00 e. The SMILES string of the molecule is COc1ccccc1C(NC(=O)Nc1nc(C2CC2)cs1)C(=O)[O-].[K+]. The number of rotatable bonds is 6. The van der Waals surface area contributed by atoms with E-state index in [1.807, 2.05) is 5.38 Å². The van der Waals surface area contributed by atoms with Gasteiger partial charge in [0.15, 0.2) is 5.13 Å². The molecule has 2 amide bonds. The molecule has 25 heavy (non-hydrogen) atoms. The van der Waals surface area contributed by atoms with Crippen molar-refractivity contribution in [1.29, 1.82) is 0 Å². The monoisotopic (exact) mass is 385 g/mol. The second-order valence-electron chi connectivity index (χ2n) is 5.44. The molecule has 126 valence electrons. The Balaban J connectivity index is 0.00000225. The van der Waals surface area contributed by atoms with Gasteiger partial charge in [0.05, 0.1) is 24.8 Å². The molecule has 0 bridgehead atoms. The molecule has 1 aliphatic rings. The van der Waals surface area contributed by atoms with Gasteiger partial charge in [0.25, 0.3) is 0 Å². The van der Waals surface area contributed by atoms with Gasteiger partial charge in [0, 0.05) is 16.9 Å². The van der Waals surface area contributed by atoms with Crippen molar-refractivity contribution in [2.24, 2.45) is 0 Å². The quantitative estimate of drug-likeness (QED) is 0.598. The second kappa shape index (κ2) is 9.11. The van der Waals surface area contributed by atoms with Gasteiger partial charge >= 0.3 is 57.4 Å². The molecule has 1 heterocycles. The molecule has 0 aliphatic heterocycles. The summed E-state index contributed by atoms with van der Waals surface area (Å²) in [6.07, 6.45) is 2.24. The van der Waals surface area contributed by atoms with E-state index in [4.69, 9.17) is 4.74 Å². The molecule has 0 saturated heterocycles. The fraction of sp³-hybridized carbons (Fsp3) is 0.312. The molecule has 1 fully saturated rings. The number of benzene rings is 1. The number of para-hydroxylation sites is 1. The summed E-state index contributed by atoms with van der Waals surface area (Å²) in [5.74, 6) is -0.575. The molecule has 1 aromatic heterocycles. The standard InChI is InChI=1S/C16H17N3O4S.K/c1-23-12-5-3-2-4-10(12)13(14(20)21)18-15(22)19-16-17-11(8-24-16)9-6-7-9;/h2-5,8-9,13H,6-7H2,1H3,(H,20,21)(H2,17,18,19,22);/q;+1/p-1. The van der Waals surface area contributed by atoms with Crippen LogP contribution in [0.5, 0.6) is 5.75 Å².